The molecule has 2 heterocycles. The predicted octanol–water partition coefficient (Wildman–Crippen LogP) is 1.73. The molecule has 0 atom stereocenters. The minimum Gasteiger partial charge on any atom is -0.496 e. The van der Waals surface area contributed by atoms with E-state index in [4.69, 9.17) is 16.2 Å². The van der Waals surface area contributed by atoms with E-state index in [1.807, 2.05) is 26.0 Å². The Hall–Kier alpha value is -3.09. The number of primary amides is 1. The van der Waals surface area contributed by atoms with E-state index in [2.05, 4.69) is 9.97 Å². The van der Waals surface area contributed by atoms with Gasteiger partial charge in [-0.1, -0.05) is 6.07 Å². The molecule has 0 spiro atoms. The highest BCUT2D eigenvalue weighted by Gasteiger charge is 2.23. The van der Waals surface area contributed by atoms with Crippen molar-refractivity contribution in [2.75, 3.05) is 12.8 Å². The van der Waals surface area contributed by atoms with Crippen LogP contribution in [0, 0.1) is 13.8 Å². The van der Waals surface area contributed by atoms with Gasteiger partial charge >= 0.3 is 0 Å². The Morgan fingerprint density at radius 2 is 2.04 bits per heavy atom. The molecule has 2 aromatic heterocycles. The lowest BCUT2D eigenvalue weighted by Crippen LogP contribution is -2.14. The summed E-state index contributed by atoms with van der Waals surface area (Å²) in [5.74, 6) is 0.355. The number of fused-ring (bicyclic) bond motifs is 1. The van der Waals surface area contributed by atoms with Crippen molar-refractivity contribution in [2.24, 2.45) is 5.73 Å². The maximum absolute atomic E-state index is 11.8. The van der Waals surface area contributed by atoms with Crippen LogP contribution in [0.2, 0.25) is 0 Å². The molecule has 3 rings (SSSR count). The van der Waals surface area contributed by atoms with Gasteiger partial charge in [0.15, 0.2) is 0 Å². The summed E-state index contributed by atoms with van der Waals surface area (Å²) in [6, 6.07) is 3.82. The number of hydrogen-bond acceptors (Lipinski definition) is 5. The van der Waals surface area contributed by atoms with E-state index in [9.17, 15) is 4.79 Å². The number of rotatable bonds is 3. The molecule has 118 valence electrons. The van der Waals surface area contributed by atoms with Gasteiger partial charge in [0.2, 0.25) is 0 Å². The van der Waals surface area contributed by atoms with Crippen LogP contribution in [0.5, 0.6) is 5.75 Å². The van der Waals surface area contributed by atoms with Gasteiger partial charge in [-0.2, -0.15) is 0 Å². The number of benzene rings is 1. The first-order valence-corrected chi connectivity index (χ1v) is 7.01. The van der Waals surface area contributed by atoms with E-state index < -0.39 is 5.91 Å². The van der Waals surface area contributed by atoms with Crippen molar-refractivity contribution in [1.82, 2.24) is 14.5 Å². The van der Waals surface area contributed by atoms with Crippen LogP contribution < -0.4 is 16.2 Å². The normalized spacial score (nSPS) is 10.9. The van der Waals surface area contributed by atoms with E-state index in [0.717, 1.165) is 22.6 Å². The van der Waals surface area contributed by atoms with Crippen molar-refractivity contribution in [3.8, 4) is 11.4 Å². The monoisotopic (exact) mass is 311 g/mol. The van der Waals surface area contributed by atoms with Gasteiger partial charge in [-0.3, -0.25) is 9.36 Å². The predicted molar refractivity (Wildman–Crippen MR) is 87.8 cm³/mol. The molecule has 0 unspecified atom stereocenters. The molecule has 0 aliphatic heterocycles. The lowest BCUT2D eigenvalue weighted by Gasteiger charge is -2.16. The number of aromatic nitrogens is 3. The van der Waals surface area contributed by atoms with Gasteiger partial charge in [0.25, 0.3) is 5.91 Å². The number of hydrogen-bond donors (Lipinski definition) is 2. The number of anilines is 1. The van der Waals surface area contributed by atoms with Crippen LogP contribution in [-0.2, 0) is 0 Å². The standard InChI is InChI=1S/C16H17N5O2/c1-8-4-5-11(23-3)9(2)13(8)21-14(17)12(15(18)22)10-6-19-7-20-16(10)21/h4-7H,17H2,1-3H3,(H2,18,22). The number of ether oxygens (including phenoxy) is 1. The van der Waals surface area contributed by atoms with Crippen molar-refractivity contribution < 1.29 is 9.53 Å². The third-order valence-corrected chi connectivity index (χ3v) is 3.94. The summed E-state index contributed by atoms with van der Waals surface area (Å²) in [6.45, 7) is 3.88. The van der Waals surface area contributed by atoms with E-state index in [1.165, 1.54) is 6.33 Å². The van der Waals surface area contributed by atoms with Crippen molar-refractivity contribution >= 4 is 22.8 Å². The van der Waals surface area contributed by atoms with Crippen LogP contribution in [0.25, 0.3) is 16.7 Å². The largest absolute Gasteiger partial charge is 0.496 e. The Bertz CT molecular complexity index is 930. The molecule has 0 saturated heterocycles. The minimum absolute atomic E-state index is 0.224. The Kier molecular flexibility index (Phi) is 3.40. The molecule has 0 aliphatic carbocycles. The second-order valence-corrected chi connectivity index (χ2v) is 5.28. The molecule has 1 amide bonds. The zero-order chi connectivity index (χ0) is 16.7. The van der Waals surface area contributed by atoms with Gasteiger partial charge in [0.05, 0.1) is 23.7 Å². The summed E-state index contributed by atoms with van der Waals surface area (Å²) in [7, 11) is 1.61. The van der Waals surface area contributed by atoms with Gasteiger partial charge < -0.3 is 16.2 Å². The number of carbonyl (C=O) groups excluding carboxylic acids is 1. The zero-order valence-corrected chi connectivity index (χ0v) is 13.1. The maximum atomic E-state index is 11.8. The smallest absolute Gasteiger partial charge is 0.253 e. The van der Waals surface area contributed by atoms with Gasteiger partial charge in [0.1, 0.15) is 23.5 Å². The van der Waals surface area contributed by atoms with Gasteiger partial charge in [-0.15, -0.1) is 0 Å². The quantitative estimate of drug-likeness (QED) is 0.765. The summed E-state index contributed by atoms with van der Waals surface area (Å²) in [5.41, 5.74) is 15.2. The summed E-state index contributed by atoms with van der Waals surface area (Å²) in [5, 5.41) is 0.527. The molecular formula is C16H17N5O2. The molecule has 4 N–H and O–H groups in total. The summed E-state index contributed by atoms with van der Waals surface area (Å²) in [6.07, 6.45) is 2.95. The van der Waals surface area contributed by atoms with Crippen molar-refractivity contribution in [1.29, 1.82) is 0 Å². The molecule has 0 fully saturated rings. The van der Waals surface area contributed by atoms with Gasteiger partial charge in [-0.05, 0) is 25.5 Å². The first-order chi connectivity index (χ1) is 11.0. The zero-order valence-electron chi connectivity index (χ0n) is 13.1. The highest BCUT2D eigenvalue weighted by Crippen LogP contribution is 2.35. The fourth-order valence-corrected chi connectivity index (χ4v) is 2.91. The third kappa shape index (κ3) is 2.09. The maximum Gasteiger partial charge on any atom is 0.253 e. The number of nitrogens with zero attached hydrogens (tertiary/aromatic N) is 3. The van der Waals surface area contributed by atoms with Crippen LogP contribution >= 0.6 is 0 Å². The fraction of sp³-hybridized carbons (Fsp3) is 0.188. The second-order valence-electron chi connectivity index (χ2n) is 5.28. The van der Waals surface area contributed by atoms with E-state index in [-0.39, 0.29) is 11.4 Å². The second kappa shape index (κ2) is 5.28. The fourth-order valence-electron chi connectivity index (χ4n) is 2.91. The minimum atomic E-state index is -0.612. The van der Waals surface area contributed by atoms with E-state index in [1.54, 1.807) is 17.9 Å². The number of nitrogens with two attached hydrogens (primary N) is 2. The molecule has 0 saturated carbocycles. The number of nitrogen functional groups attached to an aromatic ring is 1. The molecule has 7 heteroatoms. The van der Waals surface area contributed by atoms with Crippen molar-refractivity contribution in [3.63, 3.8) is 0 Å². The molecule has 3 aromatic rings. The number of carbonyl (C=O) groups is 1. The molecule has 1 aromatic carbocycles. The number of amides is 1. The molecule has 0 aliphatic rings. The first-order valence-electron chi connectivity index (χ1n) is 7.01. The molecule has 0 radical (unpaired) electrons. The highest BCUT2D eigenvalue weighted by molar-refractivity contribution is 6.10. The van der Waals surface area contributed by atoms with E-state index in [0.29, 0.717) is 11.0 Å². The Labute approximate surface area is 132 Å². The third-order valence-electron chi connectivity index (χ3n) is 3.94. The van der Waals surface area contributed by atoms with Crippen LogP contribution in [0.15, 0.2) is 24.7 Å². The molecular weight excluding hydrogens is 294 g/mol. The van der Waals surface area contributed by atoms with Gasteiger partial charge in [0, 0.05) is 11.8 Å². The van der Waals surface area contributed by atoms with Gasteiger partial charge in [-0.25, -0.2) is 9.97 Å². The van der Waals surface area contributed by atoms with Crippen molar-refractivity contribution in [3.05, 3.63) is 41.3 Å². The summed E-state index contributed by atoms with van der Waals surface area (Å²) in [4.78, 5) is 20.1. The lowest BCUT2D eigenvalue weighted by molar-refractivity contribution is 0.100. The Morgan fingerprint density at radius 3 is 2.70 bits per heavy atom. The number of methoxy groups -OCH3 is 1. The van der Waals surface area contributed by atoms with Crippen molar-refractivity contribution in [2.45, 2.75) is 13.8 Å². The summed E-state index contributed by atoms with van der Waals surface area (Å²) >= 11 is 0. The topological polar surface area (TPSA) is 109 Å². The van der Waals surface area contributed by atoms with Crippen LogP contribution in [-0.4, -0.2) is 27.6 Å². The molecule has 23 heavy (non-hydrogen) atoms. The van der Waals surface area contributed by atoms with Crippen LogP contribution in [0.3, 0.4) is 0 Å². The first kappa shape index (κ1) is 14.8. The molecule has 7 nitrogen and oxygen atoms in total. The average Bonchev–Trinajstić information content (AvgIpc) is 2.80. The highest BCUT2D eigenvalue weighted by atomic mass is 16.5. The SMILES string of the molecule is COc1ccc(C)c(-n2c(N)c(C(N)=O)c3cncnc32)c1C. The number of aryl methyl sites for hydroxylation is 1. The average molecular weight is 311 g/mol. The Morgan fingerprint density at radius 1 is 1.30 bits per heavy atom. The van der Waals surface area contributed by atoms with Crippen LogP contribution in [0.4, 0.5) is 5.82 Å². The lowest BCUT2D eigenvalue weighted by atomic mass is 10.1. The van der Waals surface area contributed by atoms with Crippen LogP contribution in [0.1, 0.15) is 21.5 Å². The Balaban J connectivity index is 2.48. The molecule has 0 bridgehead atoms. The summed E-state index contributed by atoms with van der Waals surface area (Å²) < 4.78 is 7.12. The van der Waals surface area contributed by atoms with E-state index >= 15 is 0 Å².